The van der Waals surface area contributed by atoms with Gasteiger partial charge in [-0.25, -0.2) is 0 Å². The van der Waals surface area contributed by atoms with Crippen LogP contribution in [0.4, 0.5) is 0 Å². The number of carbonyl (C=O) groups is 2. The monoisotopic (exact) mass is 415 g/mol. The summed E-state index contributed by atoms with van der Waals surface area (Å²) in [6.45, 7) is 0.109. The molecule has 6 N–H and O–H groups in total. The quantitative estimate of drug-likeness (QED) is 0.166. The number of rotatable bonds is 6. The third-order valence-electron chi connectivity index (χ3n) is 5.14. The van der Waals surface area contributed by atoms with Crippen LogP contribution in [0.3, 0.4) is 0 Å². The molecule has 156 valence electrons. The van der Waals surface area contributed by atoms with Crippen molar-refractivity contribution in [1.29, 1.82) is 0 Å². The Morgan fingerprint density at radius 3 is 2.48 bits per heavy atom. The third-order valence-corrected chi connectivity index (χ3v) is 5.14. The minimum Gasteiger partial charge on any atom is -0.480 e. The van der Waals surface area contributed by atoms with E-state index in [1.807, 2.05) is 48.5 Å². The number of hydrogen-bond acceptors (Lipinski definition) is 4. The second kappa shape index (κ2) is 8.19. The number of carboxylic acid groups (broad SMARTS) is 1. The molecule has 0 spiro atoms. The number of hydrogen-bond donors (Lipinski definition) is 4. The number of hydrazone groups is 1. The number of carbonyl (C=O) groups excluding carboxylic acids is 1. The van der Waals surface area contributed by atoms with Crippen LogP contribution in [-0.2, 0) is 11.3 Å². The molecule has 0 radical (unpaired) electrons. The van der Waals surface area contributed by atoms with Crippen LogP contribution in [0, 0.1) is 0 Å². The number of amidine groups is 1. The first-order chi connectivity index (χ1) is 15.0. The summed E-state index contributed by atoms with van der Waals surface area (Å²) in [7, 11) is 0. The van der Waals surface area contributed by atoms with Crippen molar-refractivity contribution < 1.29 is 14.7 Å². The number of aliphatic carboxylic acids is 1. The van der Waals surface area contributed by atoms with E-state index < -0.39 is 18.4 Å². The van der Waals surface area contributed by atoms with E-state index in [9.17, 15) is 9.59 Å². The summed E-state index contributed by atoms with van der Waals surface area (Å²) in [4.78, 5) is 23.0. The maximum atomic E-state index is 12.2. The zero-order valence-electron chi connectivity index (χ0n) is 16.6. The topological polar surface area (TPSA) is 136 Å². The third kappa shape index (κ3) is 3.91. The Labute approximate surface area is 177 Å². The number of carboxylic acids is 1. The molecule has 0 bridgehead atoms. The van der Waals surface area contributed by atoms with Crippen molar-refractivity contribution in [2.75, 3.05) is 6.54 Å². The Hall–Kier alpha value is -4.33. The Bertz CT molecular complexity index is 1340. The normalized spacial score (nSPS) is 11.7. The molecule has 3 aromatic carbocycles. The predicted octanol–water partition coefficient (Wildman–Crippen LogP) is 2.24. The average Bonchev–Trinajstić information content (AvgIpc) is 3.10. The van der Waals surface area contributed by atoms with Gasteiger partial charge < -0.3 is 26.6 Å². The van der Waals surface area contributed by atoms with Gasteiger partial charge in [-0.2, -0.15) is 5.10 Å². The number of benzene rings is 3. The molecule has 1 aromatic heterocycles. The number of nitrogens with zero attached hydrogens (tertiary/aromatic N) is 2. The SMILES string of the molecule is N/N=C(\N)c1ccc2c(c1)c1ccccc1n2Cc1cccc(C(=O)NCC(=O)O)c1. The minimum absolute atomic E-state index is 0.263. The van der Waals surface area contributed by atoms with Crippen LogP contribution in [0.2, 0.25) is 0 Å². The summed E-state index contributed by atoms with van der Waals surface area (Å²) in [5.74, 6) is 4.09. The van der Waals surface area contributed by atoms with E-state index in [-0.39, 0.29) is 5.84 Å². The van der Waals surface area contributed by atoms with Crippen LogP contribution in [-0.4, -0.2) is 33.9 Å². The maximum absolute atomic E-state index is 12.2. The smallest absolute Gasteiger partial charge is 0.322 e. The van der Waals surface area contributed by atoms with Gasteiger partial charge >= 0.3 is 5.97 Å². The van der Waals surface area contributed by atoms with Crippen LogP contribution < -0.4 is 16.9 Å². The summed E-state index contributed by atoms with van der Waals surface area (Å²) >= 11 is 0. The van der Waals surface area contributed by atoms with Gasteiger partial charge in [0.25, 0.3) is 5.91 Å². The van der Waals surface area contributed by atoms with E-state index in [1.165, 1.54) is 0 Å². The maximum Gasteiger partial charge on any atom is 0.322 e. The van der Waals surface area contributed by atoms with Crippen molar-refractivity contribution in [2.24, 2.45) is 16.7 Å². The molecule has 31 heavy (non-hydrogen) atoms. The fraction of sp³-hybridized carbons (Fsp3) is 0.0870. The van der Waals surface area contributed by atoms with Crippen molar-refractivity contribution >= 4 is 39.5 Å². The number of aromatic nitrogens is 1. The first kappa shape index (κ1) is 20.0. The van der Waals surface area contributed by atoms with Gasteiger partial charge in [0.1, 0.15) is 12.4 Å². The van der Waals surface area contributed by atoms with Crippen molar-refractivity contribution in [2.45, 2.75) is 6.54 Å². The van der Waals surface area contributed by atoms with Crippen LogP contribution in [0.5, 0.6) is 0 Å². The van der Waals surface area contributed by atoms with E-state index in [4.69, 9.17) is 16.7 Å². The molecule has 1 heterocycles. The molecule has 0 saturated heterocycles. The summed E-state index contributed by atoms with van der Waals surface area (Å²) in [6, 6.07) is 21.0. The van der Waals surface area contributed by atoms with E-state index >= 15 is 0 Å². The Morgan fingerprint density at radius 1 is 0.935 bits per heavy atom. The molecule has 4 aromatic rings. The van der Waals surface area contributed by atoms with Crippen molar-refractivity contribution in [1.82, 2.24) is 9.88 Å². The fourth-order valence-electron chi connectivity index (χ4n) is 3.71. The van der Waals surface area contributed by atoms with Gasteiger partial charge in [-0.3, -0.25) is 9.59 Å². The molecule has 1 amide bonds. The molecule has 0 atom stereocenters. The van der Waals surface area contributed by atoms with E-state index in [0.29, 0.717) is 12.1 Å². The summed E-state index contributed by atoms with van der Waals surface area (Å²) in [5, 5.41) is 16.8. The van der Waals surface area contributed by atoms with Gasteiger partial charge in [0.2, 0.25) is 0 Å². The lowest BCUT2D eigenvalue weighted by Crippen LogP contribution is -2.29. The van der Waals surface area contributed by atoms with Gasteiger partial charge in [0.05, 0.1) is 0 Å². The fourth-order valence-corrected chi connectivity index (χ4v) is 3.71. The highest BCUT2D eigenvalue weighted by Gasteiger charge is 2.13. The van der Waals surface area contributed by atoms with Crippen LogP contribution in [0.15, 0.2) is 71.8 Å². The largest absolute Gasteiger partial charge is 0.480 e. The average molecular weight is 415 g/mol. The molecule has 0 fully saturated rings. The Kier molecular flexibility index (Phi) is 5.28. The molecule has 8 nitrogen and oxygen atoms in total. The summed E-state index contributed by atoms with van der Waals surface area (Å²) < 4.78 is 2.17. The molecule has 0 saturated carbocycles. The standard InChI is InChI=1S/C23H21N5O3/c24-22(27-25)15-8-9-20-18(11-15)17-6-1-2-7-19(17)28(20)13-14-4-3-5-16(10-14)23(31)26-12-21(29)30/h1-11H,12-13,25H2,(H2,24,27)(H,26,31)(H,29,30). The van der Waals surface area contributed by atoms with Gasteiger partial charge in [-0.1, -0.05) is 30.3 Å². The molecular formula is C23H21N5O3. The van der Waals surface area contributed by atoms with Crippen molar-refractivity contribution in [3.63, 3.8) is 0 Å². The molecule has 0 aliphatic carbocycles. The van der Waals surface area contributed by atoms with E-state index in [2.05, 4.69) is 15.0 Å². The van der Waals surface area contributed by atoms with Gasteiger partial charge in [0.15, 0.2) is 0 Å². The number of nitrogens with two attached hydrogens (primary N) is 2. The Morgan fingerprint density at radius 2 is 1.71 bits per heavy atom. The molecule has 8 heteroatoms. The van der Waals surface area contributed by atoms with Crippen LogP contribution in [0.25, 0.3) is 21.8 Å². The lowest BCUT2D eigenvalue weighted by Gasteiger charge is -2.10. The molecule has 4 rings (SSSR count). The second-order valence-electron chi connectivity index (χ2n) is 7.13. The van der Waals surface area contributed by atoms with Crippen LogP contribution >= 0.6 is 0 Å². The van der Waals surface area contributed by atoms with E-state index in [0.717, 1.165) is 32.9 Å². The minimum atomic E-state index is -1.09. The lowest BCUT2D eigenvalue weighted by atomic mass is 10.1. The first-order valence-electron chi connectivity index (χ1n) is 9.61. The highest BCUT2D eigenvalue weighted by molar-refractivity contribution is 6.11. The van der Waals surface area contributed by atoms with E-state index in [1.54, 1.807) is 18.2 Å². The number of amides is 1. The molecule has 0 aliphatic heterocycles. The highest BCUT2D eigenvalue weighted by Crippen LogP contribution is 2.30. The van der Waals surface area contributed by atoms with Crippen molar-refractivity contribution in [3.8, 4) is 0 Å². The predicted molar refractivity (Wildman–Crippen MR) is 120 cm³/mol. The summed E-state index contributed by atoms with van der Waals surface area (Å²) in [5.41, 5.74) is 10.0. The second-order valence-corrected chi connectivity index (χ2v) is 7.13. The zero-order valence-corrected chi connectivity index (χ0v) is 16.6. The number of fused-ring (bicyclic) bond motifs is 3. The highest BCUT2D eigenvalue weighted by atomic mass is 16.4. The summed E-state index contributed by atoms with van der Waals surface area (Å²) in [6.07, 6.45) is 0. The first-order valence-corrected chi connectivity index (χ1v) is 9.61. The molecule has 0 unspecified atom stereocenters. The lowest BCUT2D eigenvalue weighted by molar-refractivity contribution is -0.135. The van der Waals surface area contributed by atoms with Gasteiger partial charge in [-0.15, -0.1) is 0 Å². The number of para-hydroxylation sites is 1. The Balaban J connectivity index is 1.76. The van der Waals surface area contributed by atoms with Crippen LogP contribution in [0.1, 0.15) is 21.5 Å². The van der Waals surface area contributed by atoms with Gasteiger partial charge in [-0.05, 0) is 42.0 Å². The molecule has 0 aliphatic rings. The van der Waals surface area contributed by atoms with Crippen molar-refractivity contribution in [3.05, 3.63) is 83.4 Å². The molecular weight excluding hydrogens is 394 g/mol. The van der Waals surface area contributed by atoms with Gasteiger partial charge in [0, 0.05) is 39.5 Å². The number of nitrogens with one attached hydrogen (secondary N) is 1. The zero-order chi connectivity index (χ0) is 22.0.